The summed E-state index contributed by atoms with van der Waals surface area (Å²) in [7, 11) is 0. The standard InChI is InChI=1S/C13H24N2O/c1-4-7-10-15(11-8-5-2)12-13(16)14-9-6-3/h3H,4-5,7-12H2,1-2H3,(H,14,16). The van der Waals surface area contributed by atoms with E-state index in [2.05, 4.69) is 30.0 Å². The fraction of sp³-hybridized carbons (Fsp3) is 0.769. The van der Waals surface area contributed by atoms with Crippen LogP contribution in [0.1, 0.15) is 39.5 Å². The lowest BCUT2D eigenvalue weighted by Crippen LogP contribution is -2.38. The summed E-state index contributed by atoms with van der Waals surface area (Å²) >= 11 is 0. The number of rotatable bonds is 9. The Morgan fingerprint density at radius 2 is 1.81 bits per heavy atom. The highest BCUT2D eigenvalue weighted by molar-refractivity contribution is 5.78. The quantitative estimate of drug-likeness (QED) is 0.604. The van der Waals surface area contributed by atoms with Crippen molar-refractivity contribution in [2.24, 2.45) is 0 Å². The highest BCUT2D eigenvalue weighted by Gasteiger charge is 2.08. The monoisotopic (exact) mass is 224 g/mol. The van der Waals surface area contributed by atoms with Crippen molar-refractivity contribution in [1.82, 2.24) is 10.2 Å². The van der Waals surface area contributed by atoms with Crippen LogP contribution in [0.2, 0.25) is 0 Å². The van der Waals surface area contributed by atoms with Crippen molar-refractivity contribution in [3.63, 3.8) is 0 Å². The topological polar surface area (TPSA) is 32.3 Å². The summed E-state index contributed by atoms with van der Waals surface area (Å²) in [6.07, 6.45) is 9.70. The van der Waals surface area contributed by atoms with Crippen LogP contribution in [0.5, 0.6) is 0 Å². The maximum atomic E-state index is 11.5. The van der Waals surface area contributed by atoms with Crippen molar-refractivity contribution in [2.45, 2.75) is 39.5 Å². The largest absolute Gasteiger partial charge is 0.344 e. The smallest absolute Gasteiger partial charge is 0.234 e. The average molecular weight is 224 g/mol. The van der Waals surface area contributed by atoms with Crippen molar-refractivity contribution in [3.8, 4) is 12.3 Å². The molecule has 0 aromatic heterocycles. The summed E-state index contributed by atoms with van der Waals surface area (Å²) in [4.78, 5) is 13.7. The average Bonchev–Trinajstić information content (AvgIpc) is 2.30. The van der Waals surface area contributed by atoms with Gasteiger partial charge in [0.1, 0.15) is 0 Å². The lowest BCUT2D eigenvalue weighted by atomic mass is 10.2. The first-order chi connectivity index (χ1) is 7.74. The van der Waals surface area contributed by atoms with Crippen LogP contribution in [0.25, 0.3) is 0 Å². The van der Waals surface area contributed by atoms with Gasteiger partial charge in [-0.25, -0.2) is 0 Å². The van der Waals surface area contributed by atoms with Gasteiger partial charge in [-0.15, -0.1) is 6.42 Å². The molecule has 0 aromatic rings. The number of amides is 1. The Hall–Kier alpha value is -1.01. The van der Waals surface area contributed by atoms with Gasteiger partial charge in [0.05, 0.1) is 13.1 Å². The van der Waals surface area contributed by atoms with Gasteiger partial charge in [0.15, 0.2) is 0 Å². The molecule has 0 radical (unpaired) electrons. The first-order valence-electron chi connectivity index (χ1n) is 6.17. The Balaban J connectivity index is 3.88. The van der Waals surface area contributed by atoms with Gasteiger partial charge < -0.3 is 5.32 Å². The van der Waals surface area contributed by atoms with Crippen LogP contribution in [0.15, 0.2) is 0 Å². The predicted molar refractivity (Wildman–Crippen MR) is 68.1 cm³/mol. The minimum Gasteiger partial charge on any atom is -0.344 e. The van der Waals surface area contributed by atoms with E-state index >= 15 is 0 Å². The molecule has 3 heteroatoms. The van der Waals surface area contributed by atoms with Gasteiger partial charge in [-0.3, -0.25) is 9.69 Å². The summed E-state index contributed by atoms with van der Waals surface area (Å²) in [6.45, 7) is 7.13. The van der Waals surface area contributed by atoms with E-state index in [1.165, 1.54) is 0 Å². The second-order valence-electron chi connectivity index (χ2n) is 3.96. The Labute approximate surface area is 99.6 Å². The molecule has 0 aromatic carbocycles. The first kappa shape index (κ1) is 15.0. The summed E-state index contributed by atoms with van der Waals surface area (Å²) in [5.74, 6) is 2.44. The Morgan fingerprint density at radius 3 is 2.25 bits per heavy atom. The maximum absolute atomic E-state index is 11.5. The number of nitrogens with zero attached hydrogens (tertiary/aromatic N) is 1. The molecular weight excluding hydrogens is 200 g/mol. The molecule has 0 unspecified atom stereocenters. The molecule has 0 heterocycles. The summed E-state index contributed by atoms with van der Waals surface area (Å²) in [5.41, 5.74) is 0. The normalized spacial score (nSPS) is 10.1. The number of carbonyl (C=O) groups excluding carboxylic acids is 1. The number of hydrogen-bond acceptors (Lipinski definition) is 2. The van der Waals surface area contributed by atoms with E-state index < -0.39 is 0 Å². The molecule has 0 bridgehead atoms. The zero-order valence-electron chi connectivity index (χ0n) is 10.6. The van der Waals surface area contributed by atoms with Crippen LogP contribution in [0, 0.1) is 12.3 Å². The van der Waals surface area contributed by atoms with Crippen molar-refractivity contribution in [3.05, 3.63) is 0 Å². The molecule has 0 aliphatic rings. The number of carbonyl (C=O) groups is 1. The SMILES string of the molecule is C#CCNC(=O)CN(CCCC)CCCC. The van der Waals surface area contributed by atoms with Crippen molar-refractivity contribution < 1.29 is 4.79 Å². The molecule has 92 valence electrons. The number of unbranched alkanes of at least 4 members (excludes halogenated alkanes) is 2. The highest BCUT2D eigenvalue weighted by Crippen LogP contribution is 1.98. The molecule has 0 saturated heterocycles. The van der Waals surface area contributed by atoms with E-state index in [0.29, 0.717) is 13.1 Å². The number of nitrogens with one attached hydrogen (secondary N) is 1. The van der Waals surface area contributed by atoms with Crippen LogP contribution in [0.4, 0.5) is 0 Å². The molecular formula is C13H24N2O. The Kier molecular flexibility index (Phi) is 9.84. The molecule has 0 aliphatic heterocycles. The minimum atomic E-state index is 0.0326. The van der Waals surface area contributed by atoms with Crippen molar-refractivity contribution >= 4 is 5.91 Å². The van der Waals surface area contributed by atoms with Gasteiger partial charge in [0.25, 0.3) is 0 Å². The minimum absolute atomic E-state index is 0.0326. The van der Waals surface area contributed by atoms with Crippen LogP contribution in [-0.2, 0) is 4.79 Å². The van der Waals surface area contributed by atoms with Crippen LogP contribution < -0.4 is 5.32 Å². The van der Waals surface area contributed by atoms with Gasteiger partial charge in [-0.2, -0.15) is 0 Å². The molecule has 0 atom stereocenters. The molecule has 3 nitrogen and oxygen atoms in total. The maximum Gasteiger partial charge on any atom is 0.234 e. The van der Waals surface area contributed by atoms with Gasteiger partial charge in [-0.05, 0) is 25.9 Å². The molecule has 1 amide bonds. The van der Waals surface area contributed by atoms with E-state index in [0.717, 1.165) is 38.8 Å². The van der Waals surface area contributed by atoms with E-state index in [4.69, 9.17) is 6.42 Å². The third-order valence-electron chi connectivity index (χ3n) is 2.41. The summed E-state index contributed by atoms with van der Waals surface area (Å²) in [5, 5.41) is 2.70. The van der Waals surface area contributed by atoms with Gasteiger partial charge >= 0.3 is 0 Å². The molecule has 0 spiro atoms. The van der Waals surface area contributed by atoms with Gasteiger partial charge in [-0.1, -0.05) is 32.6 Å². The summed E-state index contributed by atoms with van der Waals surface area (Å²) < 4.78 is 0. The zero-order valence-corrected chi connectivity index (χ0v) is 10.6. The van der Waals surface area contributed by atoms with E-state index in [-0.39, 0.29) is 5.91 Å². The van der Waals surface area contributed by atoms with Crippen molar-refractivity contribution in [1.29, 1.82) is 0 Å². The first-order valence-corrected chi connectivity index (χ1v) is 6.17. The Bertz CT molecular complexity index is 212. The molecule has 0 aliphatic carbocycles. The lowest BCUT2D eigenvalue weighted by molar-refractivity contribution is -0.122. The van der Waals surface area contributed by atoms with Crippen LogP contribution in [0.3, 0.4) is 0 Å². The second kappa shape index (κ2) is 10.5. The molecule has 0 fully saturated rings. The second-order valence-corrected chi connectivity index (χ2v) is 3.96. The van der Waals surface area contributed by atoms with E-state index in [1.54, 1.807) is 0 Å². The third kappa shape index (κ3) is 8.31. The molecule has 1 N–H and O–H groups in total. The van der Waals surface area contributed by atoms with E-state index in [9.17, 15) is 4.79 Å². The van der Waals surface area contributed by atoms with Crippen molar-refractivity contribution in [2.75, 3.05) is 26.2 Å². The fourth-order valence-corrected chi connectivity index (χ4v) is 1.44. The van der Waals surface area contributed by atoms with E-state index in [1.807, 2.05) is 0 Å². The third-order valence-corrected chi connectivity index (χ3v) is 2.41. The van der Waals surface area contributed by atoms with Crippen LogP contribution in [-0.4, -0.2) is 37.0 Å². The fourth-order valence-electron chi connectivity index (χ4n) is 1.44. The summed E-state index contributed by atoms with van der Waals surface area (Å²) in [6, 6.07) is 0. The number of hydrogen-bond donors (Lipinski definition) is 1. The van der Waals surface area contributed by atoms with Gasteiger partial charge in [0.2, 0.25) is 5.91 Å². The Morgan fingerprint density at radius 1 is 1.25 bits per heavy atom. The number of terminal acetylenes is 1. The van der Waals surface area contributed by atoms with Crippen LogP contribution >= 0.6 is 0 Å². The molecule has 16 heavy (non-hydrogen) atoms. The predicted octanol–water partition coefficient (Wildman–Crippen LogP) is 1.64. The zero-order chi connectivity index (χ0) is 12.2. The lowest BCUT2D eigenvalue weighted by Gasteiger charge is -2.20. The van der Waals surface area contributed by atoms with Gasteiger partial charge in [0, 0.05) is 0 Å². The highest BCUT2D eigenvalue weighted by atomic mass is 16.2. The molecule has 0 rings (SSSR count). The molecule has 0 saturated carbocycles.